The molecular formula is C12H13NO3. The Hall–Kier alpha value is -1.68. The molecule has 4 nitrogen and oxygen atoms in total. The lowest BCUT2D eigenvalue weighted by Gasteiger charge is -2.18. The van der Waals surface area contributed by atoms with Gasteiger partial charge in [0, 0.05) is 17.5 Å². The summed E-state index contributed by atoms with van der Waals surface area (Å²) in [5.41, 5.74) is 0.927. The summed E-state index contributed by atoms with van der Waals surface area (Å²) >= 11 is 0. The van der Waals surface area contributed by atoms with Gasteiger partial charge in [0.1, 0.15) is 0 Å². The molecule has 1 heterocycles. The van der Waals surface area contributed by atoms with Crippen molar-refractivity contribution in [3.63, 3.8) is 0 Å². The minimum absolute atomic E-state index is 0.275. The highest BCUT2D eigenvalue weighted by molar-refractivity contribution is 6.08. The van der Waals surface area contributed by atoms with Crippen LogP contribution in [-0.2, 0) is 4.79 Å². The van der Waals surface area contributed by atoms with Gasteiger partial charge in [0.25, 0.3) is 5.91 Å². The Bertz CT molecular complexity index is 442. The quantitative estimate of drug-likeness (QED) is 0.819. The van der Waals surface area contributed by atoms with E-state index < -0.39 is 12.1 Å². The lowest BCUT2D eigenvalue weighted by atomic mass is 10.1. The Kier molecular flexibility index (Phi) is 2.75. The van der Waals surface area contributed by atoms with Gasteiger partial charge in [-0.05, 0) is 12.5 Å². The van der Waals surface area contributed by atoms with Crippen molar-refractivity contribution in [2.75, 3.05) is 0 Å². The Morgan fingerprint density at radius 3 is 2.75 bits per heavy atom. The maximum absolute atomic E-state index is 11.9. The number of rotatable bonds is 2. The SMILES string of the molecule is CCCC(=O)N1C(=O)c2ccccc2C1O. The van der Waals surface area contributed by atoms with Gasteiger partial charge in [0.05, 0.1) is 0 Å². The first-order valence-electron chi connectivity index (χ1n) is 5.30. The Balaban J connectivity index is 2.35. The van der Waals surface area contributed by atoms with Crippen molar-refractivity contribution in [2.24, 2.45) is 0 Å². The van der Waals surface area contributed by atoms with Crippen LogP contribution in [0.25, 0.3) is 0 Å². The van der Waals surface area contributed by atoms with Gasteiger partial charge in [-0.15, -0.1) is 0 Å². The molecule has 0 bridgehead atoms. The van der Waals surface area contributed by atoms with Crippen LogP contribution in [0.4, 0.5) is 0 Å². The Morgan fingerprint density at radius 1 is 1.44 bits per heavy atom. The summed E-state index contributed by atoms with van der Waals surface area (Å²) in [5, 5.41) is 9.89. The number of aliphatic hydroxyl groups excluding tert-OH is 1. The van der Waals surface area contributed by atoms with Crippen molar-refractivity contribution in [3.8, 4) is 0 Å². The highest BCUT2D eigenvalue weighted by Crippen LogP contribution is 2.31. The number of aliphatic hydroxyl groups is 1. The molecule has 2 rings (SSSR count). The van der Waals surface area contributed by atoms with Crippen LogP contribution in [0.3, 0.4) is 0 Å². The minimum atomic E-state index is -1.12. The van der Waals surface area contributed by atoms with Gasteiger partial charge in [-0.1, -0.05) is 25.1 Å². The fraction of sp³-hybridized carbons (Fsp3) is 0.333. The van der Waals surface area contributed by atoms with Gasteiger partial charge in [-0.3, -0.25) is 9.59 Å². The van der Waals surface area contributed by atoms with E-state index in [0.29, 0.717) is 17.5 Å². The normalized spacial score (nSPS) is 18.8. The predicted octanol–water partition coefficient (Wildman–Crippen LogP) is 1.46. The molecule has 0 radical (unpaired) electrons. The summed E-state index contributed by atoms with van der Waals surface area (Å²) in [4.78, 5) is 24.5. The second kappa shape index (κ2) is 4.06. The molecule has 1 aliphatic rings. The third kappa shape index (κ3) is 1.51. The van der Waals surface area contributed by atoms with Crippen LogP contribution in [0.1, 0.15) is 41.9 Å². The lowest BCUT2D eigenvalue weighted by molar-refractivity contribution is -0.135. The maximum Gasteiger partial charge on any atom is 0.263 e. The maximum atomic E-state index is 11.9. The highest BCUT2D eigenvalue weighted by atomic mass is 16.3. The van der Waals surface area contributed by atoms with Crippen LogP contribution in [0.5, 0.6) is 0 Å². The number of imide groups is 1. The molecule has 0 saturated carbocycles. The molecule has 16 heavy (non-hydrogen) atoms. The van der Waals surface area contributed by atoms with Crippen molar-refractivity contribution < 1.29 is 14.7 Å². The van der Waals surface area contributed by atoms with Gasteiger partial charge in [-0.25, -0.2) is 4.90 Å². The molecule has 1 atom stereocenters. The average molecular weight is 219 g/mol. The molecule has 1 aromatic rings. The highest BCUT2D eigenvalue weighted by Gasteiger charge is 2.38. The Labute approximate surface area is 93.5 Å². The summed E-state index contributed by atoms with van der Waals surface area (Å²) in [7, 11) is 0. The minimum Gasteiger partial charge on any atom is -0.369 e. The molecule has 1 aliphatic heterocycles. The predicted molar refractivity (Wildman–Crippen MR) is 57.5 cm³/mol. The first kappa shape index (κ1) is 10.8. The number of nitrogens with zero attached hydrogens (tertiary/aromatic N) is 1. The van der Waals surface area contributed by atoms with E-state index in [0.717, 1.165) is 4.90 Å². The summed E-state index contributed by atoms with van der Waals surface area (Å²) in [6.07, 6.45) is -0.189. The van der Waals surface area contributed by atoms with E-state index in [1.54, 1.807) is 24.3 Å². The van der Waals surface area contributed by atoms with E-state index in [9.17, 15) is 14.7 Å². The molecule has 0 fully saturated rings. The second-order valence-electron chi connectivity index (χ2n) is 3.78. The molecule has 0 aliphatic carbocycles. The smallest absolute Gasteiger partial charge is 0.263 e. The van der Waals surface area contributed by atoms with Crippen LogP contribution < -0.4 is 0 Å². The zero-order chi connectivity index (χ0) is 11.7. The van der Waals surface area contributed by atoms with Crippen LogP contribution in [0.15, 0.2) is 24.3 Å². The van der Waals surface area contributed by atoms with E-state index >= 15 is 0 Å². The summed E-state index contributed by atoms with van der Waals surface area (Å²) in [6.45, 7) is 1.86. The summed E-state index contributed by atoms with van der Waals surface area (Å²) in [6, 6.07) is 6.75. The van der Waals surface area contributed by atoms with Crippen LogP contribution >= 0.6 is 0 Å². The largest absolute Gasteiger partial charge is 0.369 e. The van der Waals surface area contributed by atoms with Crippen molar-refractivity contribution in [3.05, 3.63) is 35.4 Å². The van der Waals surface area contributed by atoms with Gasteiger partial charge in [-0.2, -0.15) is 0 Å². The number of hydrogen-bond donors (Lipinski definition) is 1. The zero-order valence-electron chi connectivity index (χ0n) is 9.01. The number of amides is 2. The molecule has 0 aromatic heterocycles. The molecule has 4 heteroatoms. The van der Waals surface area contributed by atoms with E-state index in [2.05, 4.69) is 0 Å². The average Bonchev–Trinajstić information content (AvgIpc) is 2.53. The first-order valence-corrected chi connectivity index (χ1v) is 5.30. The molecule has 0 spiro atoms. The van der Waals surface area contributed by atoms with Gasteiger partial charge in [0.15, 0.2) is 6.23 Å². The summed E-state index contributed by atoms with van der Waals surface area (Å²) < 4.78 is 0. The standard InChI is InChI=1S/C12H13NO3/c1-2-5-10(14)13-11(15)8-6-3-4-7-9(8)12(13)16/h3-4,6-7,11,15H,2,5H2,1H3. The van der Waals surface area contributed by atoms with E-state index in [4.69, 9.17) is 0 Å². The zero-order valence-corrected chi connectivity index (χ0v) is 9.01. The van der Waals surface area contributed by atoms with Crippen LogP contribution in [-0.4, -0.2) is 21.8 Å². The van der Waals surface area contributed by atoms with Gasteiger partial charge >= 0.3 is 0 Å². The van der Waals surface area contributed by atoms with Crippen molar-refractivity contribution in [1.29, 1.82) is 0 Å². The fourth-order valence-electron chi connectivity index (χ4n) is 1.88. The second-order valence-corrected chi connectivity index (χ2v) is 3.78. The van der Waals surface area contributed by atoms with Crippen LogP contribution in [0, 0.1) is 0 Å². The molecule has 0 saturated heterocycles. The molecule has 1 aromatic carbocycles. The third-order valence-electron chi connectivity index (χ3n) is 2.67. The first-order chi connectivity index (χ1) is 7.66. The van der Waals surface area contributed by atoms with Crippen molar-refractivity contribution in [2.45, 2.75) is 26.0 Å². The molecule has 1 unspecified atom stereocenters. The fourth-order valence-corrected chi connectivity index (χ4v) is 1.88. The third-order valence-corrected chi connectivity index (χ3v) is 2.67. The van der Waals surface area contributed by atoms with E-state index in [-0.39, 0.29) is 12.3 Å². The molecular weight excluding hydrogens is 206 g/mol. The molecule has 84 valence electrons. The van der Waals surface area contributed by atoms with E-state index in [1.807, 2.05) is 6.92 Å². The molecule has 1 N–H and O–H groups in total. The van der Waals surface area contributed by atoms with Gasteiger partial charge < -0.3 is 5.11 Å². The van der Waals surface area contributed by atoms with E-state index in [1.165, 1.54) is 0 Å². The number of carbonyl (C=O) groups is 2. The number of carbonyl (C=O) groups excluding carboxylic acids is 2. The summed E-state index contributed by atoms with van der Waals surface area (Å²) in [5.74, 6) is -0.724. The number of fused-ring (bicyclic) bond motifs is 1. The van der Waals surface area contributed by atoms with Crippen LogP contribution in [0.2, 0.25) is 0 Å². The number of benzene rings is 1. The topological polar surface area (TPSA) is 57.6 Å². The monoisotopic (exact) mass is 219 g/mol. The van der Waals surface area contributed by atoms with Gasteiger partial charge in [0.2, 0.25) is 5.91 Å². The van der Waals surface area contributed by atoms with Crippen molar-refractivity contribution in [1.82, 2.24) is 4.90 Å². The lowest BCUT2D eigenvalue weighted by Crippen LogP contribution is -2.34. The molecule has 2 amide bonds. The number of hydrogen-bond acceptors (Lipinski definition) is 3. The van der Waals surface area contributed by atoms with Crippen molar-refractivity contribution >= 4 is 11.8 Å². The Morgan fingerprint density at radius 2 is 2.12 bits per heavy atom.